The molecular formula is C33H31ClN2O3. The maximum absolute atomic E-state index is 13.5. The Bertz CT molecular complexity index is 1560. The lowest BCUT2D eigenvalue weighted by atomic mass is 9.84. The minimum Gasteiger partial charge on any atom is -0.497 e. The highest BCUT2D eigenvalue weighted by atomic mass is 35.5. The molecule has 2 aliphatic rings. The van der Waals surface area contributed by atoms with Crippen LogP contribution in [0.2, 0.25) is 5.02 Å². The topological polar surface area (TPSA) is 62.1 Å². The molecule has 1 saturated heterocycles. The summed E-state index contributed by atoms with van der Waals surface area (Å²) in [4.78, 5) is 20.8. The zero-order chi connectivity index (χ0) is 27.0. The number of aliphatic imine (C=N–C) groups is 1. The Morgan fingerprint density at radius 3 is 2.46 bits per heavy atom. The normalized spacial score (nSPS) is 18.8. The van der Waals surface area contributed by atoms with E-state index in [4.69, 9.17) is 21.3 Å². The van der Waals surface area contributed by atoms with Gasteiger partial charge in [-0.1, -0.05) is 72.3 Å². The lowest BCUT2D eigenvalue weighted by Crippen LogP contribution is -2.46. The van der Waals surface area contributed by atoms with Gasteiger partial charge in [0.1, 0.15) is 17.6 Å². The van der Waals surface area contributed by atoms with Gasteiger partial charge in [0.25, 0.3) is 0 Å². The zero-order valence-corrected chi connectivity index (χ0v) is 22.7. The highest BCUT2D eigenvalue weighted by Gasteiger charge is 2.37. The van der Waals surface area contributed by atoms with E-state index in [1.54, 1.807) is 7.11 Å². The molecule has 1 unspecified atom stereocenters. The van der Waals surface area contributed by atoms with Crippen molar-refractivity contribution in [3.8, 4) is 5.75 Å². The van der Waals surface area contributed by atoms with Crippen molar-refractivity contribution < 1.29 is 14.6 Å². The van der Waals surface area contributed by atoms with Gasteiger partial charge in [-0.3, -0.25) is 9.79 Å². The van der Waals surface area contributed by atoms with Gasteiger partial charge in [-0.05, 0) is 64.6 Å². The first kappa shape index (κ1) is 25.6. The van der Waals surface area contributed by atoms with Gasteiger partial charge < -0.3 is 14.7 Å². The van der Waals surface area contributed by atoms with E-state index in [1.807, 2.05) is 54.6 Å². The second-order valence-electron chi connectivity index (χ2n) is 10.5. The summed E-state index contributed by atoms with van der Waals surface area (Å²) in [6, 6.07) is 27.5. The molecule has 39 heavy (non-hydrogen) atoms. The molecule has 0 amide bonds. The van der Waals surface area contributed by atoms with Crippen molar-refractivity contribution in [1.82, 2.24) is 4.90 Å². The Kier molecular flexibility index (Phi) is 6.88. The molecule has 0 aromatic heterocycles. The standard InChI is InChI=1S/C33H31ClN2O3/c1-39-28-12-9-26(10-13-28)33(38)14-16-36(17-15-33)32-29-21-27(34)11-8-25(29)20-31(37)30(35-32)19-22-6-7-23-4-2-3-5-24(23)18-22/h2-13,18,21,30,38H,14-17,19-20H2,1H3. The SMILES string of the molecule is COc1ccc(C2(O)CCN(C3=NC(Cc4ccc5ccccc5c4)C(=O)Cc4ccc(Cl)cc43)CC2)cc1. The molecule has 1 fully saturated rings. The van der Waals surface area contributed by atoms with Crippen LogP contribution >= 0.6 is 11.6 Å². The molecule has 0 radical (unpaired) electrons. The van der Waals surface area contributed by atoms with Crippen LogP contribution in [0.5, 0.6) is 5.75 Å². The van der Waals surface area contributed by atoms with Gasteiger partial charge >= 0.3 is 0 Å². The van der Waals surface area contributed by atoms with Gasteiger partial charge in [0.15, 0.2) is 5.78 Å². The second kappa shape index (κ2) is 10.5. The van der Waals surface area contributed by atoms with Crippen molar-refractivity contribution in [2.45, 2.75) is 37.3 Å². The number of hydrogen-bond donors (Lipinski definition) is 1. The van der Waals surface area contributed by atoms with E-state index < -0.39 is 11.6 Å². The van der Waals surface area contributed by atoms with Crippen molar-refractivity contribution in [2.24, 2.45) is 4.99 Å². The molecule has 1 atom stereocenters. The largest absolute Gasteiger partial charge is 0.497 e. The predicted octanol–water partition coefficient (Wildman–Crippen LogP) is 5.97. The van der Waals surface area contributed by atoms with Gasteiger partial charge in [0.05, 0.1) is 12.7 Å². The highest BCUT2D eigenvalue weighted by Crippen LogP contribution is 2.35. The number of amidine groups is 1. The van der Waals surface area contributed by atoms with Crippen LogP contribution in [0.3, 0.4) is 0 Å². The van der Waals surface area contributed by atoms with Crippen LogP contribution in [0.15, 0.2) is 89.9 Å². The number of benzene rings is 4. The summed E-state index contributed by atoms with van der Waals surface area (Å²) in [7, 11) is 1.64. The first-order valence-electron chi connectivity index (χ1n) is 13.4. The van der Waals surface area contributed by atoms with Crippen LogP contribution in [0, 0.1) is 0 Å². The Morgan fingerprint density at radius 2 is 1.72 bits per heavy atom. The summed E-state index contributed by atoms with van der Waals surface area (Å²) in [5, 5.41) is 14.5. The van der Waals surface area contributed by atoms with E-state index in [0.717, 1.165) is 39.2 Å². The Balaban J connectivity index is 1.30. The summed E-state index contributed by atoms with van der Waals surface area (Å²) in [5.74, 6) is 1.66. The van der Waals surface area contributed by atoms with Crippen molar-refractivity contribution in [3.63, 3.8) is 0 Å². The number of halogens is 1. The van der Waals surface area contributed by atoms with Crippen LogP contribution < -0.4 is 4.74 Å². The van der Waals surface area contributed by atoms with E-state index in [0.29, 0.717) is 43.8 Å². The summed E-state index contributed by atoms with van der Waals surface area (Å²) < 4.78 is 5.28. The molecule has 198 valence electrons. The Labute approximate surface area is 233 Å². The number of ketones is 1. The number of ether oxygens (including phenoxy) is 1. The molecule has 0 spiro atoms. The summed E-state index contributed by atoms with van der Waals surface area (Å²) >= 11 is 6.43. The zero-order valence-electron chi connectivity index (χ0n) is 21.9. The minimum absolute atomic E-state index is 0.105. The molecule has 1 N–H and O–H groups in total. The first-order chi connectivity index (χ1) is 18.9. The van der Waals surface area contributed by atoms with Gasteiger partial charge in [-0.2, -0.15) is 0 Å². The number of rotatable bonds is 4. The first-order valence-corrected chi connectivity index (χ1v) is 13.8. The van der Waals surface area contributed by atoms with Crippen LogP contribution in [0.4, 0.5) is 0 Å². The third-order valence-electron chi connectivity index (χ3n) is 8.09. The number of likely N-dealkylation sites (tertiary alicyclic amines) is 1. The maximum Gasteiger partial charge on any atom is 0.162 e. The molecule has 6 heteroatoms. The van der Waals surface area contributed by atoms with Crippen LogP contribution in [-0.2, 0) is 23.2 Å². The molecule has 2 heterocycles. The van der Waals surface area contributed by atoms with E-state index in [2.05, 4.69) is 35.2 Å². The Morgan fingerprint density at radius 1 is 0.974 bits per heavy atom. The molecular weight excluding hydrogens is 508 g/mol. The van der Waals surface area contributed by atoms with Crippen molar-refractivity contribution >= 4 is 34.0 Å². The number of Topliss-reactive ketones (excluding diaryl/α,β-unsaturated/α-hetero) is 1. The molecule has 0 saturated carbocycles. The average Bonchev–Trinajstić information content (AvgIpc) is 3.09. The average molecular weight is 539 g/mol. The molecule has 0 aliphatic carbocycles. The molecule has 5 nitrogen and oxygen atoms in total. The monoisotopic (exact) mass is 538 g/mol. The summed E-state index contributed by atoms with van der Waals surface area (Å²) in [6.07, 6.45) is 1.97. The van der Waals surface area contributed by atoms with Gasteiger partial charge in [-0.15, -0.1) is 0 Å². The van der Waals surface area contributed by atoms with Crippen molar-refractivity contribution in [2.75, 3.05) is 20.2 Å². The fraction of sp³-hybridized carbons (Fsp3) is 0.273. The predicted molar refractivity (Wildman–Crippen MR) is 156 cm³/mol. The Hall–Kier alpha value is -3.67. The number of fused-ring (bicyclic) bond motifs is 2. The minimum atomic E-state index is -0.925. The lowest BCUT2D eigenvalue weighted by molar-refractivity contribution is -0.119. The second-order valence-corrected chi connectivity index (χ2v) is 11.0. The van der Waals surface area contributed by atoms with Crippen LogP contribution in [-0.4, -0.2) is 47.9 Å². The molecule has 0 bridgehead atoms. The van der Waals surface area contributed by atoms with Crippen LogP contribution in [0.25, 0.3) is 10.8 Å². The number of piperidine rings is 1. The summed E-state index contributed by atoms with van der Waals surface area (Å²) in [6.45, 7) is 1.23. The van der Waals surface area contributed by atoms with Crippen molar-refractivity contribution in [3.05, 3.63) is 112 Å². The molecule has 4 aromatic carbocycles. The quantitative estimate of drug-likeness (QED) is 0.348. The third-order valence-corrected chi connectivity index (χ3v) is 8.32. The number of methoxy groups -OCH3 is 1. The number of aliphatic hydroxyl groups is 1. The number of nitrogens with zero attached hydrogens (tertiary/aromatic N) is 2. The van der Waals surface area contributed by atoms with Gasteiger partial charge in [0, 0.05) is 36.5 Å². The highest BCUT2D eigenvalue weighted by molar-refractivity contribution is 6.31. The fourth-order valence-corrected chi connectivity index (χ4v) is 5.96. The molecule has 6 rings (SSSR count). The maximum atomic E-state index is 13.5. The van der Waals surface area contributed by atoms with Crippen LogP contribution in [0.1, 0.15) is 35.1 Å². The molecule has 4 aromatic rings. The summed E-state index contributed by atoms with van der Waals surface area (Å²) in [5.41, 5.74) is 2.91. The third kappa shape index (κ3) is 5.17. The van der Waals surface area contributed by atoms with E-state index in [-0.39, 0.29) is 5.78 Å². The fourth-order valence-electron chi connectivity index (χ4n) is 5.78. The van der Waals surface area contributed by atoms with Crippen molar-refractivity contribution in [1.29, 1.82) is 0 Å². The number of carbonyl (C=O) groups excluding carboxylic acids is 1. The number of carbonyl (C=O) groups is 1. The van der Waals surface area contributed by atoms with E-state index in [9.17, 15) is 9.90 Å². The van der Waals surface area contributed by atoms with E-state index in [1.165, 1.54) is 5.39 Å². The lowest BCUT2D eigenvalue weighted by Gasteiger charge is -2.40. The van der Waals surface area contributed by atoms with Gasteiger partial charge in [-0.25, -0.2) is 0 Å². The molecule has 2 aliphatic heterocycles. The van der Waals surface area contributed by atoms with Gasteiger partial charge in [0.2, 0.25) is 0 Å². The smallest absolute Gasteiger partial charge is 0.162 e. The van der Waals surface area contributed by atoms with E-state index >= 15 is 0 Å². The number of hydrogen-bond acceptors (Lipinski definition) is 5.